The number of nitrogens with one attached hydrogen (secondary N) is 1. The van der Waals surface area contributed by atoms with E-state index in [1.165, 1.54) is 0 Å². The fourth-order valence-corrected chi connectivity index (χ4v) is 3.22. The van der Waals surface area contributed by atoms with Crippen molar-refractivity contribution in [1.29, 1.82) is 0 Å². The first-order valence-electron chi connectivity index (χ1n) is 5.71. The number of benzene rings is 2. The summed E-state index contributed by atoms with van der Waals surface area (Å²) < 4.78 is 1.07. The van der Waals surface area contributed by atoms with Crippen molar-refractivity contribution in [3.63, 3.8) is 0 Å². The van der Waals surface area contributed by atoms with Crippen molar-refractivity contribution in [1.82, 2.24) is 4.98 Å². The van der Waals surface area contributed by atoms with Gasteiger partial charge in [0.25, 0.3) is 0 Å². The van der Waals surface area contributed by atoms with Gasteiger partial charge in [0, 0.05) is 15.7 Å². The molecule has 0 aliphatic heterocycles. The number of anilines is 2. The van der Waals surface area contributed by atoms with Crippen LogP contribution in [-0.4, -0.2) is 4.98 Å². The van der Waals surface area contributed by atoms with E-state index in [-0.39, 0.29) is 0 Å². The molecule has 0 aliphatic rings. The third kappa shape index (κ3) is 2.68. The molecule has 0 atom stereocenters. The van der Waals surface area contributed by atoms with Crippen molar-refractivity contribution in [3.05, 3.63) is 52.0 Å². The number of fused-ring (bicyclic) bond motifs is 1. The smallest absolute Gasteiger partial charge is 0.188 e. The number of hydrogen-bond acceptors (Lipinski definition) is 3. The van der Waals surface area contributed by atoms with E-state index in [9.17, 15) is 0 Å². The minimum atomic E-state index is 0.727. The van der Waals surface area contributed by atoms with Gasteiger partial charge in [0.1, 0.15) is 0 Å². The lowest BCUT2D eigenvalue weighted by Gasteiger charge is -2.06. The topological polar surface area (TPSA) is 24.9 Å². The number of aryl methyl sites for hydroxylation is 1. The molecular weight excluding hydrogens is 299 g/mol. The highest BCUT2D eigenvalue weighted by Gasteiger charge is 2.06. The third-order valence-electron chi connectivity index (χ3n) is 2.78. The average Bonchev–Trinajstić information content (AvgIpc) is 2.74. The predicted molar refractivity (Wildman–Crippen MR) is 84.1 cm³/mol. The number of rotatable bonds is 2. The maximum absolute atomic E-state index is 5.97. The molecule has 0 saturated heterocycles. The summed E-state index contributed by atoms with van der Waals surface area (Å²) in [7, 11) is 0. The Bertz CT molecular complexity index is 752. The van der Waals surface area contributed by atoms with Crippen LogP contribution in [0.2, 0.25) is 10.0 Å². The van der Waals surface area contributed by atoms with E-state index in [0.717, 1.165) is 36.6 Å². The summed E-state index contributed by atoms with van der Waals surface area (Å²) in [4.78, 5) is 4.53. The molecule has 1 N–H and O–H groups in total. The van der Waals surface area contributed by atoms with Crippen molar-refractivity contribution >= 4 is 55.6 Å². The predicted octanol–water partition coefficient (Wildman–Crippen LogP) is 5.66. The molecule has 0 unspecified atom stereocenters. The Morgan fingerprint density at radius 2 is 1.79 bits per heavy atom. The van der Waals surface area contributed by atoms with Gasteiger partial charge < -0.3 is 5.32 Å². The van der Waals surface area contributed by atoms with Crippen LogP contribution in [-0.2, 0) is 0 Å². The second-order valence-corrected chi connectivity index (χ2v) is 6.12. The van der Waals surface area contributed by atoms with Gasteiger partial charge in [-0.15, -0.1) is 0 Å². The Labute approximate surface area is 125 Å². The Hall–Kier alpha value is -1.29. The summed E-state index contributed by atoms with van der Waals surface area (Å²) >= 11 is 13.5. The summed E-state index contributed by atoms with van der Waals surface area (Å²) in [5.74, 6) is 0. The van der Waals surface area contributed by atoms with E-state index in [4.69, 9.17) is 23.2 Å². The summed E-state index contributed by atoms with van der Waals surface area (Å²) in [6, 6.07) is 11.4. The molecule has 19 heavy (non-hydrogen) atoms. The van der Waals surface area contributed by atoms with E-state index in [1.54, 1.807) is 11.3 Å². The zero-order chi connectivity index (χ0) is 13.4. The molecule has 1 heterocycles. The van der Waals surface area contributed by atoms with E-state index in [1.807, 2.05) is 43.3 Å². The molecule has 3 aromatic rings. The number of nitrogens with zero attached hydrogens (tertiary/aromatic N) is 1. The van der Waals surface area contributed by atoms with Gasteiger partial charge in [-0.05, 0) is 48.9 Å². The summed E-state index contributed by atoms with van der Waals surface area (Å²) in [6.45, 7) is 2.01. The molecule has 0 saturated carbocycles. The van der Waals surface area contributed by atoms with Gasteiger partial charge in [0.05, 0.1) is 10.2 Å². The molecule has 0 spiro atoms. The van der Waals surface area contributed by atoms with Crippen LogP contribution in [0.25, 0.3) is 10.2 Å². The Kier molecular flexibility index (Phi) is 3.35. The molecule has 2 aromatic carbocycles. The summed E-state index contributed by atoms with van der Waals surface area (Å²) in [6.07, 6.45) is 0. The SMILES string of the molecule is Cc1cc(Cl)ccc1Nc1nc2ccc(Cl)cc2s1. The minimum Gasteiger partial charge on any atom is -0.331 e. The molecule has 0 bridgehead atoms. The van der Waals surface area contributed by atoms with Gasteiger partial charge >= 0.3 is 0 Å². The second kappa shape index (κ2) is 5.00. The van der Waals surface area contributed by atoms with Crippen molar-refractivity contribution < 1.29 is 0 Å². The van der Waals surface area contributed by atoms with Crippen LogP contribution in [0, 0.1) is 6.92 Å². The lowest BCUT2D eigenvalue weighted by molar-refractivity contribution is 1.40. The highest BCUT2D eigenvalue weighted by Crippen LogP contribution is 2.31. The standard InChI is InChI=1S/C14H10Cl2N2S/c1-8-6-9(15)2-4-11(8)17-14-18-12-5-3-10(16)7-13(12)19-14/h2-7H,1H3,(H,17,18). The third-order valence-corrected chi connectivity index (χ3v) is 4.18. The first kappa shape index (κ1) is 12.7. The monoisotopic (exact) mass is 308 g/mol. The average molecular weight is 309 g/mol. The van der Waals surface area contributed by atoms with Crippen LogP contribution in [0.3, 0.4) is 0 Å². The lowest BCUT2D eigenvalue weighted by Crippen LogP contribution is -1.91. The minimum absolute atomic E-state index is 0.727. The maximum atomic E-state index is 5.97. The van der Waals surface area contributed by atoms with Crippen molar-refractivity contribution in [2.45, 2.75) is 6.92 Å². The highest BCUT2D eigenvalue weighted by molar-refractivity contribution is 7.22. The molecule has 0 aliphatic carbocycles. The molecule has 0 amide bonds. The summed E-state index contributed by atoms with van der Waals surface area (Å²) in [5, 5.41) is 5.63. The molecule has 2 nitrogen and oxygen atoms in total. The maximum Gasteiger partial charge on any atom is 0.188 e. The van der Waals surface area contributed by atoms with Crippen molar-refractivity contribution in [2.24, 2.45) is 0 Å². The molecule has 0 radical (unpaired) electrons. The molecule has 96 valence electrons. The molecule has 5 heteroatoms. The second-order valence-electron chi connectivity index (χ2n) is 4.22. The zero-order valence-electron chi connectivity index (χ0n) is 10.1. The number of hydrogen-bond donors (Lipinski definition) is 1. The van der Waals surface area contributed by atoms with Crippen LogP contribution in [0.5, 0.6) is 0 Å². The highest BCUT2D eigenvalue weighted by atomic mass is 35.5. The molecular formula is C14H10Cl2N2S. The summed E-state index contributed by atoms with van der Waals surface area (Å²) in [5.41, 5.74) is 3.04. The van der Waals surface area contributed by atoms with Crippen molar-refractivity contribution in [3.8, 4) is 0 Å². The van der Waals surface area contributed by atoms with Crippen LogP contribution in [0.1, 0.15) is 5.56 Å². The van der Waals surface area contributed by atoms with E-state index >= 15 is 0 Å². The van der Waals surface area contributed by atoms with Gasteiger partial charge in [0.15, 0.2) is 5.13 Å². The number of aromatic nitrogens is 1. The molecule has 1 aromatic heterocycles. The van der Waals surface area contributed by atoms with Crippen LogP contribution < -0.4 is 5.32 Å². The Morgan fingerprint density at radius 1 is 1.05 bits per heavy atom. The van der Waals surface area contributed by atoms with Crippen molar-refractivity contribution in [2.75, 3.05) is 5.32 Å². The van der Waals surface area contributed by atoms with Gasteiger partial charge in [-0.25, -0.2) is 4.98 Å². The fraction of sp³-hybridized carbons (Fsp3) is 0.0714. The first-order chi connectivity index (χ1) is 9.11. The van der Waals surface area contributed by atoms with Crippen LogP contribution in [0.4, 0.5) is 10.8 Å². The normalized spacial score (nSPS) is 10.9. The van der Waals surface area contributed by atoms with E-state index in [0.29, 0.717) is 0 Å². The van der Waals surface area contributed by atoms with Crippen LogP contribution >= 0.6 is 34.5 Å². The van der Waals surface area contributed by atoms with Gasteiger partial charge in [-0.2, -0.15) is 0 Å². The Morgan fingerprint density at radius 3 is 2.58 bits per heavy atom. The molecule has 0 fully saturated rings. The number of halogens is 2. The Balaban J connectivity index is 1.96. The quantitative estimate of drug-likeness (QED) is 0.661. The van der Waals surface area contributed by atoms with Crippen LogP contribution in [0.15, 0.2) is 36.4 Å². The van der Waals surface area contributed by atoms with Gasteiger partial charge in [-0.1, -0.05) is 34.5 Å². The molecule has 3 rings (SSSR count). The van der Waals surface area contributed by atoms with Gasteiger partial charge in [-0.3, -0.25) is 0 Å². The van der Waals surface area contributed by atoms with Gasteiger partial charge in [0.2, 0.25) is 0 Å². The van der Waals surface area contributed by atoms with E-state index < -0.39 is 0 Å². The lowest BCUT2D eigenvalue weighted by atomic mass is 10.2. The fourth-order valence-electron chi connectivity index (χ4n) is 1.83. The largest absolute Gasteiger partial charge is 0.331 e. The number of thiazole rings is 1. The first-order valence-corrected chi connectivity index (χ1v) is 7.28. The zero-order valence-corrected chi connectivity index (χ0v) is 12.4. The van der Waals surface area contributed by atoms with E-state index in [2.05, 4.69) is 10.3 Å².